The van der Waals surface area contributed by atoms with Crippen molar-refractivity contribution in [3.8, 4) is 5.75 Å². The van der Waals surface area contributed by atoms with Crippen LogP contribution in [-0.4, -0.2) is 4.98 Å². The second-order valence-corrected chi connectivity index (χ2v) is 6.24. The molecule has 2 aromatic carbocycles. The van der Waals surface area contributed by atoms with Gasteiger partial charge in [0, 0.05) is 5.39 Å². The number of ether oxygens (including phenoxy) is 1. The minimum absolute atomic E-state index is 0.501. The van der Waals surface area contributed by atoms with Gasteiger partial charge in [-0.3, -0.25) is 0 Å². The predicted octanol–water partition coefficient (Wildman–Crippen LogP) is 5.94. The van der Waals surface area contributed by atoms with Crippen LogP contribution in [-0.2, 0) is 13.0 Å². The number of rotatable bonds is 8. The normalized spacial score (nSPS) is 10.9. The lowest BCUT2D eigenvalue weighted by Crippen LogP contribution is -1.98. The Balaban J connectivity index is 1.53. The first-order chi connectivity index (χ1) is 11.8. The molecule has 0 atom stereocenters. The molecule has 0 N–H and O–H groups in total. The molecule has 3 aromatic rings. The Morgan fingerprint density at radius 2 is 1.67 bits per heavy atom. The average Bonchev–Trinajstić information content (AvgIpc) is 2.64. The van der Waals surface area contributed by atoms with Crippen LogP contribution < -0.4 is 4.74 Å². The van der Waals surface area contributed by atoms with E-state index >= 15 is 0 Å². The summed E-state index contributed by atoms with van der Waals surface area (Å²) in [5, 5.41) is 1.16. The number of pyridine rings is 1. The van der Waals surface area contributed by atoms with E-state index in [4.69, 9.17) is 4.74 Å². The van der Waals surface area contributed by atoms with E-state index in [1.807, 2.05) is 24.3 Å². The largest absolute Gasteiger partial charge is 0.487 e. The van der Waals surface area contributed by atoms with Crippen molar-refractivity contribution in [2.24, 2.45) is 0 Å². The van der Waals surface area contributed by atoms with Crippen LogP contribution in [0.2, 0.25) is 0 Å². The molecule has 0 spiro atoms. The van der Waals surface area contributed by atoms with E-state index in [2.05, 4.69) is 48.3 Å². The lowest BCUT2D eigenvalue weighted by atomic mass is 10.1. The predicted molar refractivity (Wildman–Crippen MR) is 100 cm³/mol. The van der Waals surface area contributed by atoms with Crippen LogP contribution in [0.25, 0.3) is 10.9 Å². The smallest absolute Gasteiger partial charge is 0.130 e. The summed E-state index contributed by atoms with van der Waals surface area (Å²) in [6.45, 7) is 2.75. The van der Waals surface area contributed by atoms with Crippen molar-refractivity contribution in [1.82, 2.24) is 4.98 Å². The highest BCUT2D eigenvalue weighted by Gasteiger charge is 2.01. The van der Waals surface area contributed by atoms with Crippen molar-refractivity contribution < 1.29 is 4.74 Å². The first-order valence-corrected chi connectivity index (χ1v) is 8.91. The molecule has 0 amide bonds. The third-order valence-corrected chi connectivity index (χ3v) is 4.29. The van der Waals surface area contributed by atoms with Gasteiger partial charge in [-0.25, -0.2) is 4.98 Å². The number of aromatic nitrogens is 1. The highest BCUT2D eigenvalue weighted by molar-refractivity contribution is 5.78. The second-order valence-electron chi connectivity index (χ2n) is 6.24. The topological polar surface area (TPSA) is 22.1 Å². The first kappa shape index (κ1) is 16.5. The highest BCUT2D eigenvalue weighted by atomic mass is 16.5. The standard InChI is InChI=1S/C22H25NO/c1-2-3-4-5-8-18-11-15-21(16-12-18)24-17-20-14-13-19-9-6-7-10-22(19)23-20/h6-7,9-16H,2-5,8,17H2,1H3. The molecule has 0 fully saturated rings. The van der Waals surface area contributed by atoms with Crippen molar-refractivity contribution in [2.75, 3.05) is 0 Å². The summed E-state index contributed by atoms with van der Waals surface area (Å²) in [6, 6.07) is 20.8. The fraction of sp³-hybridized carbons (Fsp3) is 0.318. The molecule has 0 aliphatic carbocycles. The number of fused-ring (bicyclic) bond motifs is 1. The van der Waals surface area contributed by atoms with Crippen LogP contribution in [0.3, 0.4) is 0 Å². The zero-order chi connectivity index (χ0) is 16.6. The molecule has 0 radical (unpaired) electrons. The van der Waals surface area contributed by atoms with E-state index < -0.39 is 0 Å². The van der Waals surface area contributed by atoms with E-state index in [0.717, 1.165) is 28.8 Å². The molecule has 0 bridgehead atoms. The summed E-state index contributed by atoms with van der Waals surface area (Å²) in [6.07, 6.45) is 6.37. The van der Waals surface area contributed by atoms with Gasteiger partial charge in [-0.05, 0) is 42.7 Å². The second kappa shape index (κ2) is 8.49. The van der Waals surface area contributed by atoms with Crippen LogP contribution in [0.4, 0.5) is 0 Å². The van der Waals surface area contributed by atoms with Gasteiger partial charge in [0.05, 0.1) is 11.2 Å². The van der Waals surface area contributed by atoms with Crippen LogP contribution >= 0.6 is 0 Å². The number of nitrogens with zero attached hydrogens (tertiary/aromatic N) is 1. The molecular weight excluding hydrogens is 294 g/mol. The Morgan fingerprint density at radius 1 is 0.833 bits per heavy atom. The van der Waals surface area contributed by atoms with Crippen LogP contribution in [0.5, 0.6) is 5.75 Å². The quantitative estimate of drug-likeness (QED) is 0.480. The molecule has 1 aromatic heterocycles. The Bertz CT molecular complexity index is 764. The Kier molecular flexibility index (Phi) is 5.84. The van der Waals surface area contributed by atoms with Crippen LogP contribution in [0, 0.1) is 0 Å². The van der Waals surface area contributed by atoms with E-state index in [9.17, 15) is 0 Å². The van der Waals surface area contributed by atoms with Gasteiger partial charge in [-0.1, -0.05) is 62.6 Å². The van der Waals surface area contributed by atoms with Gasteiger partial charge < -0.3 is 4.74 Å². The summed E-state index contributed by atoms with van der Waals surface area (Å²) < 4.78 is 5.88. The Labute approximate surface area is 144 Å². The molecule has 0 saturated heterocycles. The lowest BCUT2D eigenvalue weighted by molar-refractivity contribution is 0.301. The third kappa shape index (κ3) is 4.58. The summed E-state index contributed by atoms with van der Waals surface area (Å²) in [4.78, 5) is 4.64. The minimum atomic E-state index is 0.501. The number of benzene rings is 2. The van der Waals surface area contributed by atoms with Crippen molar-refractivity contribution in [3.63, 3.8) is 0 Å². The summed E-state index contributed by atoms with van der Waals surface area (Å²) >= 11 is 0. The Hall–Kier alpha value is -2.35. The maximum atomic E-state index is 5.88. The van der Waals surface area contributed by atoms with E-state index in [1.165, 1.54) is 31.2 Å². The van der Waals surface area contributed by atoms with Crippen molar-refractivity contribution >= 4 is 10.9 Å². The molecule has 0 unspecified atom stereocenters. The van der Waals surface area contributed by atoms with Gasteiger partial charge in [-0.15, -0.1) is 0 Å². The maximum Gasteiger partial charge on any atom is 0.130 e. The summed E-state index contributed by atoms with van der Waals surface area (Å²) in [5.41, 5.74) is 3.36. The molecule has 124 valence electrons. The van der Waals surface area contributed by atoms with Crippen molar-refractivity contribution in [3.05, 3.63) is 71.9 Å². The lowest BCUT2D eigenvalue weighted by Gasteiger charge is -2.08. The zero-order valence-electron chi connectivity index (χ0n) is 14.4. The molecule has 0 aliphatic heterocycles. The molecule has 2 nitrogen and oxygen atoms in total. The van der Waals surface area contributed by atoms with Gasteiger partial charge in [0.15, 0.2) is 0 Å². The minimum Gasteiger partial charge on any atom is -0.487 e. The Morgan fingerprint density at radius 3 is 2.50 bits per heavy atom. The molecule has 3 rings (SSSR count). The van der Waals surface area contributed by atoms with Gasteiger partial charge in [0.2, 0.25) is 0 Å². The van der Waals surface area contributed by atoms with Gasteiger partial charge in [-0.2, -0.15) is 0 Å². The van der Waals surface area contributed by atoms with Gasteiger partial charge in [0.1, 0.15) is 12.4 Å². The zero-order valence-corrected chi connectivity index (χ0v) is 14.4. The highest BCUT2D eigenvalue weighted by Crippen LogP contribution is 2.17. The van der Waals surface area contributed by atoms with Crippen molar-refractivity contribution in [1.29, 1.82) is 0 Å². The molecule has 1 heterocycles. The number of hydrogen-bond acceptors (Lipinski definition) is 2. The molecular formula is C22H25NO. The molecule has 0 saturated carbocycles. The number of aryl methyl sites for hydroxylation is 1. The monoisotopic (exact) mass is 319 g/mol. The van der Waals surface area contributed by atoms with E-state index in [1.54, 1.807) is 0 Å². The number of para-hydroxylation sites is 1. The van der Waals surface area contributed by atoms with Gasteiger partial charge >= 0.3 is 0 Å². The summed E-state index contributed by atoms with van der Waals surface area (Å²) in [7, 11) is 0. The fourth-order valence-corrected chi connectivity index (χ4v) is 2.85. The van der Waals surface area contributed by atoms with Gasteiger partial charge in [0.25, 0.3) is 0 Å². The third-order valence-electron chi connectivity index (χ3n) is 4.29. The molecule has 2 heteroatoms. The SMILES string of the molecule is CCCCCCc1ccc(OCc2ccc3ccccc3n2)cc1. The molecule has 0 aliphatic rings. The first-order valence-electron chi connectivity index (χ1n) is 8.91. The maximum absolute atomic E-state index is 5.88. The molecule has 24 heavy (non-hydrogen) atoms. The van der Waals surface area contributed by atoms with Crippen LogP contribution in [0.15, 0.2) is 60.7 Å². The van der Waals surface area contributed by atoms with E-state index in [-0.39, 0.29) is 0 Å². The number of unbranched alkanes of at least 4 members (excludes halogenated alkanes) is 3. The van der Waals surface area contributed by atoms with Crippen LogP contribution in [0.1, 0.15) is 43.9 Å². The van der Waals surface area contributed by atoms with E-state index in [0.29, 0.717) is 6.61 Å². The average molecular weight is 319 g/mol. The fourth-order valence-electron chi connectivity index (χ4n) is 2.85. The number of hydrogen-bond donors (Lipinski definition) is 0. The van der Waals surface area contributed by atoms with Crippen molar-refractivity contribution in [2.45, 2.75) is 45.6 Å². The summed E-state index contributed by atoms with van der Waals surface area (Å²) in [5.74, 6) is 0.905.